The number of rotatable bonds is 1. The van der Waals surface area contributed by atoms with Gasteiger partial charge in [-0.15, -0.1) is 0 Å². The van der Waals surface area contributed by atoms with E-state index in [-0.39, 0.29) is 11.8 Å². The summed E-state index contributed by atoms with van der Waals surface area (Å²) in [5.41, 5.74) is 2.15. The summed E-state index contributed by atoms with van der Waals surface area (Å²) in [4.78, 5) is 14.6. The summed E-state index contributed by atoms with van der Waals surface area (Å²) in [5, 5.41) is 9.98. The molecule has 3 rings (SSSR count). The van der Waals surface area contributed by atoms with Gasteiger partial charge in [-0.3, -0.25) is 4.79 Å². The van der Waals surface area contributed by atoms with E-state index >= 15 is 0 Å². The molecule has 0 spiro atoms. The second kappa shape index (κ2) is 5.21. The van der Waals surface area contributed by atoms with E-state index in [4.69, 9.17) is 0 Å². The summed E-state index contributed by atoms with van der Waals surface area (Å²) < 4.78 is 0. The fraction of sp³-hybridized carbons (Fsp3) is 0.588. The van der Waals surface area contributed by atoms with Crippen LogP contribution in [0, 0.1) is 5.92 Å². The number of hydrogen-bond acceptors (Lipinski definition) is 2. The number of carbonyl (C=O) groups is 1. The van der Waals surface area contributed by atoms with Crippen molar-refractivity contribution in [1.82, 2.24) is 4.90 Å². The Morgan fingerprint density at radius 2 is 1.90 bits per heavy atom. The number of fused-ring (bicyclic) bond motifs is 1. The molecule has 2 aliphatic rings. The minimum Gasteiger partial charge on any atom is -0.390 e. The first-order valence-electron chi connectivity index (χ1n) is 7.63. The predicted molar refractivity (Wildman–Crippen MR) is 78.4 cm³/mol. The lowest BCUT2D eigenvalue weighted by Crippen LogP contribution is -2.47. The molecular weight excluding hydrogens is 250 g/mol. The van der Waals surface area contributed by atoms with Crippen molar-refractivity contribution in [3.63, 3.8) is 0 Å². The van der Waals surface area contributed by atoms with Crippen LogP contribution in [0.3, 0.4) is 0 Å². The summed E-state index contributed by atoms with van der Waals surface area (Å²) >= 11 is 0. The summed E-state index contributed by atoms with van der Waals surface area (Å²) in [7, 11) is 0. The molecule has 3 heteroatoms. The number of aryl methyl sites for hydroxylation is 1. The molecule has 1 aromatic carbocycles. The van der Waals surface area contributed by atoms with Gasteiger partial charge in [-0.1, -0.05) is 24.3 Å². The van der Waals surface area contributed by atoms with Gasteiger partial charge in [-0.2, -0.15) is 0 Å². The van der Waals surface area contributed by atoms with Crippen LogP contribution >= 0.6 is 0 Å². The molecular formula is C17H23NO2. The minimum atomic E-state index is -0.587. The minimum absolute atomic E-state index is 0.132. The Balaban J connectivity index is 1.65. The molecule has 1 atom stereocenters. The maximum absolute atomic E-state index is 12.6. The van der Waals surface area contributed by atoms with Crippen LogP contribution < -0.4 is 0 Å². The number of piperidine rings is 1. The van der Waals surface area contributed by atoms with Gasteiger partial charge in [0.15, 0.2) is 0 Å². The third-order valence-corrected chi connectivity index (χ3v) is 4.85. The lowest BCUT2D eigenvalue weighted by molar-refractivity contribution is -0.139. The first-order chi connectivity index (χ1) is 9.55. The van der Waals surface area contributed by atoms with E-state index in [1.165, 1.54) is 11.1 Å². The van der Waals surface area contributed by atoms with E-state index in [0.717, 1.165) is 19.3 Å². The van der Waals surface area contributed by atoms with Crippen LogP contribution in [0.1, 0.15) is 37.3 Å². The van der Waals surface area contributed by atoms with Gasteiger partial charge in [0, 0.05) is 19.0 Å². The molecule has 1 aliphatic heterocycles. The molecule has 1 saturated heterocycles. The van der Waals surface area contributed by atoms with Crippen molar-refractivity contribution in [2.24, 2.45) is 5.92 Å². The number of amides is 1. The van der Waals surface area contributed by atoms with Gasteiger partial charge >= 0.3 is 0 Å². The first kappa shape index (κ1) is 13.6. The average Bonchev–Trinajstić information content (AvgIpc) is 2.46. The Kier molecular flexibility index (Phi) is 3.55. The SMILES string of the molecule is CC1(O)CCN(C(=O)C2CCc3ccccc3C2)CC1. The van der Waals surface area contributed by atoms with Crippen LogP contribution in [-0.4, -0.2) is 34.6 Å². The molecule has 3 nitrogen and oxygen atoms in total. The third kappa shape index (κ3) is 2.73. The molecule has 1 heterocycles. The fourth-order valence-electron chi connectivity index (χ4n) is 3.38. The first-order valence-corrected chi connectivity index (χ1v) is 7.63. The Morgan fingerprint density at radius 1 is 1.25 bits per heavy atom. The lowest BCUT2D eigenvalue weighted by atomic mass is 9.82. The Bertz CT molecular complexity index is 499. The third-order valence-electron chi connectivity index (χ3n) is 4.85. The van der Waals surface area contributed by atoms with Crippen LogP contribution in [0.5, 0.6) is 0 Å². The van der Waals surface area contributed by atoms with Crippen molar-refractivity contribution in [3.8, 4) is 0 Å². The predicted octanol–water partition coefficient (Wildman–Crippen LogP) is 2.16. The van der Waals surface area contributed by atoms with Gasteiger partial charge in [0.2, 0.25) is 5.91 Å². The van der Waals surface area contributed by atoms with Crippen molar-refractivity contribution in [3.05, 3.63) is 35.4 Å². The van der Waals surface area contributed by atoms with Crippen molar-refractivity contribution < 1.29 is 9.90 Å². The molecule has 108 valence electrons. The van der Waals surface area contributed by atoms with Crippen LogP contribution in [0.4, 0.5) is 0 Å². The second-order valence-electron chi connectivity index (χ2n) is 6.53. The second-order valence-corrected chi connectivity index (χ2v) is 6.53. The number of hydrogen-bond donors (Lipinski definition) is 1. The van der Waals surface area contributed by atoms with Gasteiger partial charge in [0.1, 0.15) is 0 Å². The zero-order valence-electron chi connectivity index (χ0n) is 12.1. The number of aliphatic hydroxyl groups is 1. The highest BCUT2D eigenvalue weighted by Gasteiger charge is 2.33. The Labute approximate surface area is 120 Å². The topological polar surface area (TPSA) is 40.5 Å². The fourth-order valence-corrected chi connectivity index (χ4v) is 3.38. The average molecular weight is 273 g/mol. The zero-order valence-corrected chi connectivity index (χ0v) is 12.1. The van der Waals surface area contributed by atoms with Gasteiger partial charge in [0.05, 0.1) is 5.60 Å². The van der Waals surface area contributed by atoms with E-state index in [2.05, 4.69) is 24.3 Å². The highest BCUT2D eigenvalue weighted by atomic mass is 16.3. The van der Waals surface area contributed by atoms with Crippen LogP contribution in [0.25, 0.3) is 0 Å². The Hall–Kier alpha value is -1.35. The van der Waals surface area contributed by atoms with Crippen molar-refractivity contribution in [2.75, 3.05) is 13.1 Å². The smallest absolute Gasteiger partial charge is 0.226 e. The van der Waals surface area contributed by atoms with Crippen molar-refractivity contribution in [1.29, 1.82) is 0 Å². The zero-order chi connectivity index (χ0) is 14.2. The summed E-state index contributed by atoms with van der Waals surface area (Å²) in [6.45, 7) is 3.26. The largest absolute Gasteiger partial charge is 0.390 e. The monoisotopic (exact) mass is 273 g/mol. The van der Waals surface area contributed by atoms with Crippen molar-refractivity contribution >= 4 is 5.91 Å². The number of nitrogens with zero attached hydrogens (tertiary/aromatic N) is 1. The molecule has 1 fully saturated rings. The maximum atomic E-state index is 12.6. The number of carbonyl (C=O) groups excluding carboxylic acids is 1. The number of benzene rings is 1. The van der Waals surface area contributed by atoms with Crippen LogP contribution in [0.15, 0.2) is 24.3 Å². The number of likely N-dealkylation sites (tertiary alicyclic amines) is 1. The Morgan fingerprint density at radius 3 is 2.60 bits per heavy atom. The normalized spacial score (nSPS) is 25.1. The molecule has 1 N–H and O–H groups in total. The van der Waals surface area contributed by atoms with Crippen molar-refractivity contribution in [2.45, 2.75) is 44.6 Å². The molecule has 1 aliphatic carbocycles. The summed E-state index contributed by atoms with van der Waals surface area (Å²) in [6.07, 6.45) is 4.24. The highest BCUT2D eigenvalue weighted by molar-refractivity contribution is 5.79. The van der Waals surface area contributed by atoms with Crippen LogP contribution in [-0.2, 0) is 17.6 Å². The summed E-state index contributed by atoms with van der Waals surface area (Å²) in [6, 6.07) is 8.46. The maximum Gasteiger partial charge on any atom is 0.226 e. The molecule has 1 amide bonds. The van der Waals surface area contributed by atoms with E-state index < -0.39 is 5.60 Å². The van der Waals surface area contributed by atoms with Crippen LogP contribution in [0.2, 0.25) is 0 Å². The van der Waals surface area contributed by atoms with Gasteiger partial charge in [0.25, 0.3) is 0 Å². The van der Waals surface area contributed by atoms with E-state index in [0.29, 0.717) is 25.9 Å². The van der Waals surface area contributed by atoms with Gasteiger partial charge in [-0.25, -0.2) is 0 Å². The lowest BCUT2D eigenvalue weighted by Gasteiger charge is -2.38. The molecule has 0 radical (unpaired) electrons. The van der Waals surface area contributed by atoms with Gasteiger partial charge in [-0.05, 0) is 50.2 Å². The molecule has 1 aromatic rings. The van der Waals surface area contributed by atoms with E-state index in [1.807, 2.05) is 11.8 Å². The quantitative estimate of drug-likeness (QED) is 0.852. The van der Waals surface area contributed by atoms with Gasteiger partial charge < -0.3 is 10.0 Å². The molecule has 0 aromatic heterocycles. The molecule has 0 saturated carbocycles. The summed E-state index contributed by atoms with van der Waals surface area (Å²) in [5.74, 6) is 0.419. The van der Waals surface area contributed by atoms with E-state index in [1.54, 1.807) is 0 Å². The molecule has 0 bridgehead atoms. The molecule has 20 heavy (non-hydrogen) atoms. The standard InChI is InChI=1S/C17H23NO2/c1-17(20)8-10-18(11-9-17)16(19)15-7-6-13-4-2-3-5-14(13)12-15/h2-5,15,20H,6-12H2,1H3. The highest BCUT2D eigenvalue weighted by Crippen LogP contribution is 2.29. The molecule has 1 unspecified atom stereocenters. The van der Waals surface area contributed by atoms with E-state index in [9.17, 15) is 9.90 Å².